The zero-order valence-corrected chi connectivity index (χ0v) is 17.7. The molecule has 3 aromatic rings. The molecular formula is C21H27N5O4. The average molecular weight is 413 g/mol. The number of aromatic nitrogens is 4. The number of imidazole rings is 1. The number of fused-ring (bicyclic) bond motifs is 1. The minimum Gasteiger partial charge on any atom is -0.481 e. The van der Waals surface area contributed by atoms with Crippen LogP contribution in [-0.4, -0.2) is 44.3 Å². The van der Waals surface area contributed by atoms with Crippen LogP contribution in [0.5, 0.6) is 12.0 Å². The maximum Gasteiger partial charge on any atom is 0.320 e. The summed E-state index contributed by atoms with van der Waals surface area (Å²) in [5, 5.41) is 9.54. The SMILES string of the molecule is CCCCOc1nc(N)c2nc(OC)n(Cc3cccc(C(C)(C)C(=O)O)c3)c2n1. The lowest BCUT2D eigenvalue weighted by molar-refractivity contribution is -0.142. The molecule has 9 nitrogen and oxygen atoms in total. The van der Waals surface area contributed by atoms with Gasteiger partial charge < -0.3 is 20.3 Å². The van der Waals surface area contributed by atoms with Crippen LogP contribution in [-0.2, 0) is 16.8 Å². The van der Waals surface area contributed by atoms with Gasteiger partial charge in [0.05, 0.1) is 25.7 Å². The molecule has 0 aliphatic carbocycles. The first-order valence-electron chi connectivity index (χ1n) is 9.81. The number of rotatable bonds is 9. The van der Waals surface area contributed by atoms with Crippen molar-refractivity contribution in [3.05, 3.63) is 35.4 Å². The topological polar surface area (TPSA) is 125 Å². The highest BCUT2D eigenvalue weighted by Gasteiger charge is 2.29. The molecule has 3 rings (SSSR count). The van der Waals surface area contributed by atoms with E-state index in [1.807, 2.05) is 18.2 Å². The van der Waals surface area contributed by atoms with Crippen molar-refractivity contribution in [1.29, 1.82) is 0 Å². The van der Waals surface area contributed by atoms with E-state index in [2.05, 4.69) is 21.9 Å². The molecule has 0 saturated carbocycles. The zero-order chi connectivity index (χ0) is 21.9. The van der Waals surface area contributed by atoms with Gasteiger partial charge in [-0.1, -0.05) is 37.6 Å². The zero-order valence-electron chi connectivity index (χ0n) is 17.7. The number of ether oxygens (including phenoxy) is 2. The summed E-state index contributed by atoms with van der Waals surface area (Å²) in [6, 6.07) is 7.95. The van der Waals surface area contributed by atoms with Crippen LogP contribution in [0.4, 0.5) is 5.82 Å². The van der Waals surface area contributed by atoms with Crippen molar-refractivity contribution in [2.45, 2.75) is 45.6 Å². The third kappa shape index (κ3) is 4.14. The normalized spacial score (nSPS) is 11.6. The number of carboxylic acids is 1. The van der Waals surface area contributed by atoms with Crippen molar-refractivity contribution in [2.75, 3.05) is 19.5 Å². The summed E-state index contributed by atoms with van der Waals surface area (Å²) in [7, 11) is 1.52. The van der Waals surface area contributed by atoms with Gasteiger partial charge in [0.1, 0.15) is 0 Å². The maximum absolute atomic E-state index is 11.6. The molecule has 160 valence electrons. The number of carbonyl (C=O) groups is 1. The van der Waals surface area contributed by atoms with E-state index in [0.717, 1.165) is 18.4 Å². The van der Waals surface area contributed by atoms with Crippen LogP contribution in [0.15, 0.2) is 24.3 Å². The van der Waals surface area contributed by atoms with Gasteiger partial charge in [0, 0.05) is 0 Å². The Bertz CT molecular complexity index is 1060. The number of hydrogen-bond acceptors (Lipinski definition) is 7. The highest BCUT2D eigenvalue weighted by atomic mass is 16.5. The number of unbranched alkanes of at least 4 members (excludes halogenated alkanes) is 1. The molecule has 0 fully saturated rings. The van der Waals surface area contributed by atoms with Crippen LogP contribution in [0.25, 0.3) is 11.2 Å². The van der Waals surface area contributed by atoms with Gasteiger partial charge in [-0.3, -0.25) is 9.36 Å². The smallest absolute Gasteiger partial charge is 0.320 e. The molecule has 0 aliphatic rings. The number of nitrogens with zero attached hydrogens (tertiary/aromatic N) is 4. The molecule has 3 N–H and O–H groups in total. The summed E-state index contributed by atoms with van der Waals surface area (Å²) >= 11 is 0. The van der Waals surface area contributed by atoms with Crippen LogP contribution >= 0.6 is 0 Å². The molecule has 0 saturated heterocycles. The summed E-state index contributed by atoms with van der Waals surface area (Å²) in [5.41, 5.74) is 7.57. The van der Waals surface area contributed by atoms with Gasteiger partial charge in [-0.05, 0) is 31.4 Å². The van der Waals surface area contributed by atoms with Crippen LogP contribution in [0.1, 0.15) is 44.7 Å². The summed E-state index contributed by atoms with van der Waals surface area (Å²) < 4.78 is 12.8. The Kier molecular flexibility index (Phi) is 6.09. The second kappa shape index (κ2) is 8.56. The minimum atomic E-state index is -1.01. The molecular weight excluding hydrogens is 386 g/mol. The van der Waals surface area contributed by atoms with E-state index >= 15 is 0 Å². The van der Waals surface area contributed by atoms with E-state index < -0.39 is 11.4 Å². The second-order valence-corrected chi connectivity index (χ2v) is 7.58. The van der Waals surface area contributed by atoms with Crippen LogP contribution in [0.3, 0.4) is 0 Å². The van der Waals surface area contributed by atoms with Gasteiger partial charge in [-0.2, -0.15) is 15.0 Å². The molecule has 0 unspecified atom stereocenters. The van der Waals surface area contributed by atoms with E-state index in [1.165, 1.54) is 7.11 Å². The van der Waals surface area contributed by atoms with Crippen molar-refractivity contribution >= 4 is 23.0 Å². The van der Waals surface area contributed by atoms with Crippen LogP contribution in [0.2, 0.25) is 0 Å². The predicted octanol–water partition coefficient (Wildman–Crippen LogP) is 3.01. The molecule has 0 bridgehead atoms. The summed E-state index contributed by atoms with van der Waals surface area (Å²) in [5.74, 6) is -0.677. The Labute approximate surface area is 174 Å². The van der Waals surface area contributed by atoms with E-state index in [9.17, 15) is 9.90 Å². The Morgan fingerprint density at radius 3 is 2.70 bits per heavy atom. The molecule has 0 amide bonds. The van der Waals surface area contributed by atoms with E-state index in [-0.39, 0.29) is 11.8 Å². The molecule has 30 heavy (non-hydrogen) atoms. The summed E-state index contributed by atoms with van der Waals surface area (Å²) in [4.78, 5) is 24.7. The number of nitrogen functional groups attached to an aromatic ring is 1. The number of anilines is 1. The monoisotopic (exact) mass is 413 g/mol. The molecule has 0 atom stereocenters. The molecule has 0 spiro atoms. The largest absolute Gasteiger partial charge is 0.481 e. The van der Waals surface area contributed by atoms with Crippen LogP contribution < -0.4 is 15.2 Å². The fourth-order valence-electron chi connectivity index (χ4n) is 3.02. The van der Waals surface area contributed by atoms with Crippen molar-refractivity contribution in [3.8, 4) is 12.0 Å². The molecule has 2 heterocycles. The van der Waals surface area contributed by atoms with Gasteiger partial charge in [0.15, 0.2) is 17.0 Å². The Morgan fingerprint density at radius 2 is 2.03 bits per heavy atom. The number of carboxylic acid groups (broad SMARTS) is 1. The third-order valence-electron chi connectivity index (χ3n) is 5.00. The lowest BCUT2D eigenvalue weighted by Crippen LogP contribution is -2.28. The lowest BCUT2D eigenvalue weighted by atomic mass is 9.84. The van der Waals surface area contributed by atoms with Crippen molar-refractivity contribution in [2.24, 2.45) is 0 Å². The highest BCUT2D eigenvalue weighted by molar-refractivity contribution is 5.83. The fourth-order valence-corrected chi connectivity index (χ4v) is 3.02. The molecule has 9 heteroatoms. The quantitative estimate of drug-likeness (QED) is 0.513. The molecule has 2 aromatic heterocycles. The van der Waals surface area contributed by atoms with Crippen molar-refractivity contribution in [3.63, 3.8) is 0 Å². The van der Waals surface area contributed by atoms with Gasteiger partial charge in [-0.15, -0.1) is 0 Å². The number of methoxy groups -OCH3 is 1. The Morgan fingerprint density at radius 1 is 1.27 bits per heavy atom. The highest BCUT2D eigenvalue weighted by Crippen LogP contribution is 2.28. The number of hydrogen-bond donors (Lipinski definition) is 2. The van der Waals surface area contributed by atoms with E-state index in [0.29, 0.717) is 35.9 Å². The summed E-state index contributed by atoms with van der Waals surface area (Å²) in [6.07, 6.45) is 1.88. The first-order valence-corrected chi connectivity index (χ1v) is 9.81. The van der Waals surface area contributed by atoms with Gasteiger partial charge >= 0.3 is 12.0 Å². The van der Waals surface area contributed by atoms with E-state index in [4.69, 9.17) is 15.2 Å². The van der Waals surface area contributed by atoms with Crippen molar-refractivity contribution < 1.29 is 19.4 Å². The first-order chi connectivity index (χ1) is 14.3. The standard InChI is InChI=1S/C21H27N5O4/c1-5-6-10-30-19-24-16(22)15-17(25-19)26(20(23-15)29-4)12-13-8-7-9-14(11-13)21(2,3)18(27)28/h7-9,11H,5-6,10,12H2,1-4H3,(H,27,28)(H2,22,24,25). The van der Waals surface area contributed by atoms with Crippen LogP contribution in [0, 0.1) is 0 Å². The molecule has 0 aliphatic heterocycles. The van der Waals surface area contributed by atoms with Gasteiger partial charge in [0.2, 0.25) is 0 Å². The molecule has 1 aromatic carbocycles. The van der Waals surface area contributed by atoms with E-state index in [1.54, 1.807) is 24.5 Å². The average Bonchev–Trinajstić information content (AvgIpc) is 3.06. The maximum atomic E-state index is 11.6. The Balaban J connectivity index is 2.02. The number of benzene rings is 1. The third-order valence-corrected chi connectivity index (χ3v) is 5.00. The minimum absolute atomic E-state index is 0.193. The lowest BCUT2D eigenvalue weighted by Gasteiger charge is -2.20. The summed E-state index contributed by atoms with van der Waals surface area (Å²) in [6.45, 7) is 6.29. The van der Waals surface area contributed by atoms with Gasteiger partial charge in [-0.25, -0.2) is 0 Å². The predicted molar refractivity (Wildman–Crippen MR) is 113 cm³/mol. The fraction of sp³-hybridized carbons (Fsp3) is 0.429. The second-order valence-electron chi connectivity index (χ2n) is 7.58. The van der Waals surface area contributed by atoms with Crippen molar-refractivity contribution in [1.82, 2.24) is 19.5 Å². The number of nitrogens with two attached hydrogens (primary N) is 1. The first kappa shape index (κ1) is 21.4. The molecule has 0 radical (unpaired) electrons. The Hall–Kier alpha value is -3.36. The van der Waals surface area contributed by atoms with Gasteiger partial charge in [0.25, 0.3) is 6.01 Å². The number of aliphatic carboxylic acids is 1.